The number of nitrogens with two attached hydrogens (primary N) is 1. The fourth-order valence-electron chi connectivity index (χ4n) is 4.56. The Hall–Kier alpha value is -3.28. The number of hydrogen-bond donors (Lipinski definition) is 4. The van der Waals surface area contributed by atoms with E-state index in [-0.39, 0.29) is 28.1 Å². The van der Waals surface area contributed by atoms with Crippen LogP contribution in [-0.4, -0.2) is 83.3 Å². The summed E-state index contributed by atoms with van der Waals surface area (Å²) in [5, 5.41) is 15.5. The second-order valence-electron chi connectivity index (χ2n) is 11.2. The summed E-state index contributed by atoms with van der Waals surface area (Å²) in [5.74, 6) is -0.910. The van der Waals surface area contributed by atoms with Crippen molar-refractivity contribution in [1.82, 2.24) is 20.5 Å². The van der Waals surface area contributed by atoms with E-state index in [4.69, 9.17) is 33.7 Å². The molecule has 1 aliphatic rings. The molecule has 5 N–H and O–H groups in total. The Kier molecular flexibility index (Phi) is 12.1. The zero-order valence-electron chi connectivity index (χ0n) is 24.2. The van der Waals surface area contributed by atoms with E-state index < -0.39 is 29.7 Å². The lowest BCUT2D eigenvalue weighted by Gasteiger charge is -2.37. The molecule has 3 amide bonds. The Morgan fingerprint density at radius 2 is 1.69 bits per heavy atom. The smallest absolute Gasteiger partial charge is 0.407 e. The maximum absolute atomic E-state index is 13.6. The Bertz CT molecular complexity index is 1200. The molecule has 1 aliphatic heterocycles. The number of nitrogens with one attached hydrogen (secondary N) is 2. The zero-order valence-corrected chi connectivity index (χ0v) is 25.7. The first-order valence-electron chi connectivity index (χ1n) is 14.0. The number of aromatic nitrogens is 1. The largest absolute Gasteiger partial charge is 0.505 e. The highest BCUT2D eigenvalue weighted by atomic mass is 35.5. The normalized spacial score (nSPS) is 15.1. The number of benzene rings is 1. The first-order valence-corrected chi connectivity index (χ1v) is 14.7. The number of phenolic OH excluding ortho intramolecular Hbond substituents is 1. The quantitative estimate of drug-likeness (QED) is 0.278. The number of piperazine rings is 1. The molecule has 2 atom stereocenters. The van der Waals surface area contributed by atoms with Crippen LogP contribution in [0.2, 0.25) is 10.0 Å². The van der Waals surface area contributed by atoms with Crippen LogP contribution in [0, 0.1) is 0 Å². The van der Waals surface area contributed by atoms with Crippen molar-refractivity contribution in [2.45, 2.75) is 64.1 Å². The minimum absolute atomic E-state index is 0.0593. The average Bonchev–Trinajstić information content (AvgIpc) is 2.94. The van der Waals surface area contributed by atoms with Gasteiger partial charge >= 0.3 is 6.09 Å². The zero-order chi connectivity index (χ0) is 30.9. The lowest BCUT2D eigenvalue weighted by Crippen LogP contribution is -2.57. The average molecular weight is 624 g/mol. The number of unbranched alkanes of at least 4 members (excludes halogenated alkanes) is 1. The number of aromatic hydroxyl groups is 1. The van der Waals surface area contributed by atoms with Crippen molar-refractivity contribution in [3.05, 3.63) is 52.3 Å². The van der Waals surface area contributed by atoms with Crippen LogP contribution in [0.25, 0.3) is 0 Å². The second kappa shape index (κ2) is 15.3. The van der Waals surface area contributed by atoms with Gasteiger partial charge in [0, 0.05) is 50.8 Å². The van der Waals surface area contributed by atoms with Gasteiger partial charge in [0.2, 0.25) is 11.8 Å². The number of alkyl carbamates (subject to hydrolysis) is 1. The van der Waals surface area contributed by atoms with E-state index in [1.165, 1.54) is 12.1 Å². The van der Waals surface area contributed by atoms with Crippen molar-refractivity contribution in [3.8, 4) is 5.75 Å². The Labute approximate surface area is 256 Å². The summed E-state index contributed by atoms with van der Waals surface area (Å²) >= 11 is 12.0. The number of carbonyl (C=O) groups excluding carboxylic acids is 3. The van der Waals surface area contributed by atoms with Gasteiger partial charge in [-0.05, 0) is 76.3 Å². The standard InChI is InChI=1S/C29H40Cl2N6O5/c1-29(2,3)42-28(41)34-9-5-4-6-24(27(40)37-14-12-36(13-15-37)20-7-10-33-11-8-20)35-26(39)23(32)18-19-16-21(30)25(38)22(31)17-19/h7-8,10-11,16-17,23-24,38H,4-6,9,12-15,18,32H2,1-3H3,(H,34,41)(H,35,39)/t23-,24+/m1/s1. The molecule has 3 rings (SSSR count). The van der Waals surface area contributed by atoms with Crippen molar-refractivity contribution in [3.63, 3.8) is 0 Å². The van der Waals surface area contributed by atoms with Gasteiger partial charge in [-0.1, -0.05) is 23.2 Å². The first kappa shape index (κ1) is 33.2. The summed E-state index contributed by atoms with van der Waals surface area (Å²) in [7, 11) is 0. The van der Waals surface area contributed by atoms with E-state index in [9.17, 15) is 19.5 Å². The number of ether oxygens (including phenoxy) is 1. The van der Waals surface area contributed by atoms with E-state index in [0.717, 1.165) is 5.69 Å². The molecule has 1 fully saturated rings. The molecule has 1 saturated heterocycles. The van der Waals surface area contributed by atoms with E-state index in [1.807, 2.05) is 12.1 Å². The molecule has 1 aromatic carbocycles. The molecule has 11 nitrogen and oxygen atoms in total. The predicted octanol–water partition coefficient (Wildman–Crippen LogP) is 3.49. The van der Waals surface area contributed by atoms with Gasteiger partial charge in [0.15, 0.2) is 5.75 Å². The maximum atomic E-state index is 13.6. The van der Waals surface area contributed by atoms with Gasteiger partial charge in [-0.15, -0.1) is 0 Å². The Morgan fingerprint density at radius 1 is 1.07 bits per heavy atom. The monoisotopic (exact) mass is 622 g/mol. The number of nitrogens with zero attached hydrogens (tertiary/aromatic N) is 3. The molecular formula is C29H40Cl2N6O5. The summed E-state index contributed by atoms with van der Waals surface area (Å²) in [4.78, 5) is 46.7. The fraction of sp³-hybridized carbons (Fsp3) is 0.517. The summed E-state index contributed by atoms with van der Waals surface area (Å²) in [6, 6.07) is 5.10. The third kappa shape index (κ3) is 10.2. The maximum Gasteiger partial charge on any atom is 0.407 e. The molecule has 0 radical (unpaired) electrons. The van der Waals surface area contributed by atoms with Crippen molar-refractivity contribution < 1.29 is 24.2 Å². The summed E-state index contributed by atoms with van der Waals surface area (Å²) < 4.78 is 5.25. The molecule has 13 heteroatoms. The molecule has 0 aliphatic carbocycles. The van der Waals surface area contributed by atoms with Gasteiger partial charge in [-0.2, -0.15) is 0 Å². The SMILES string of the molecule is CC(C)(C)OC(=O)NCCCC[C@H](NC(=O)[C@H](N)Cc1cc(Cl)c(O)c(Cl)c1)C(=O)N1CCN(c2ccncc2)CC1. The molecule has 230 valence electrons. The van der Waals surface area contributed by atoms with E-state index in [1.54, 1.807) is 38.1 Å². The third-order valence-corrected chi connectivity index (χ3v) is 7.27. The Balaban J connectivity index is 1.60. The number of halogens is 2. The van der Waals surface area contributed by atoms with Crippen molar-refractivity contribution in [2.75, 3.05) is 37.6 Å². The minimum Gasteiger partial charge on any atom is -0.505 e. The topological polar surface area (TPSA) is 150 Å². The number of carbonyl (C=O) groups is 3. The van der Waals surface area contributed by atoms with Crippen LogP contribution in [0.3, 0.4) is 0 Å². The van der Waals surface area contributed by atoms with Crippen LogP contribution in [0.1, 0.15) is 45.6 Å². The molecular weight excluding hydrogens is 583 g/mol. The predicted molar refractivity (Wildman–Crippen MR) is 163 cm³/mol. The highest BCUT2D eigenvalue weighted by molar-refractivity contribution is 6.37. The van der Waals surface area contributed by atoms with E-state index in [2.05, 4.69) is 20.5 Å². The summed E-state index contributed by atoms with van der Waals surface area (Å²) in [6.07, 6.45) is 4.60. The van der Waals surface area contributed by atoms with Crippen LogP contribution < -0.4 is 21.3 Å². The van der Waals surface area contributed by atoms with Gasteiger partial charge in [-0.25, -0.2) is 4.79 Å². The van der Waals surface area contributed by atoms with Crippen LogP contribution in [0.15, 0.2) is 36.7 Å². The molecule has 0 unspecified atom stereocenters. The van der Waals surface area contributed by atoms with Gasteiger partial charge in [0.25, 0.3) is 0 Å². The van der Waals surface area contributed by atoms with Gasteiger partial charge in [-0.3, -0.25) is 14.6 Å². The van der Waals surface area contributed by atoms with Gasteiger partial charge in [0.1, 0.15) is 11.6 Å². The minimum atomic E-state index is -0.977. The van der Waals surface area contributed by atoms with Crippen molar-refractivity contribution in [1.29, 1.82) is 0 Å². The lowest BCUT2D eigenvalue weighted by molar-refractivity contribution is -0.137. The lowest BCUT2D eigenvalue weighted by atomic mass is 10.0. The number of phenols is 1. The molecule has 42 heavy (non-hydrogen) atoms. The Morgan fingerprint density at radius 3 is 2.29 bits per heavy atom. The van der Waals surface area contributed by atoms with Gasteiger partial charge < -0.3 is 36.0 Å². The fourth-order valence-corrected chi connectivity index (χ4v) is 5.09. The highest BCUT2D eigenvalue weighted by Gasteiger charge is 2.30. The molecule has 0 saturated carbocycles. The first-order chi connectivity index (χ1) is 19.8. The van der Waals surface area contributed by atoms with E-state index in [0.29, 0.717) is 57.5 Å². The molecule has 2 aromatic rings. The molecule has 1 aromatic heterocycles. The molecule has 0 spiro atoms. The number of amides is 3. The third-order valence-electron chi connectivity index (χ3n) is 6.69. The molecule has 0 bridgehead atoms. The number of anilines is 1. The molecule has 2 heterocycles. The van der Waals surface area contributed by atoms with Crippen molar-refractivity contribution in [2.24, 2.45) is 5.73 Å². The number of hydrogen-bond acceptors (Lipinski definition) is 8. The van der Waals surface area contributed by atoms with Crippen LogP contribution in [0.4, 0.5) is 10.5 Å². The van der Waals surface area contributed by atoms with Crippen LogP contribution in [-0.2, 0) is 20.7 Å². The van der Waals surface area contributed by atoms with Crippen LogP contribution in [0.5, 0.6) is 5.75 Å². The van der Waals surface area contributed by atoms with Gasteiger partial charge in [0.05, 0.1) is 16.1 Å². The highest BCUT2D eigenvalue weighted by Crippen LogP contribution is 2.33. The number of rotatable bonds is 11. The second-order valence-corrected chi connectivity index (χ2v) is 12.0. The van der Waals surface area contributed by atoms with Crippen LogP contribution >= 0.6 is 23.2 Å². The summed E-state index contributed by atoms with van der Waals surface area (Å²) in [6.45, 7) is 8.05. The van der Waals surface area contributed by atoms with Crippen molar-refractivity contribution >= 4 is 46.8 Å². The number of pyridine rings is 1. The van der Waals surface area contributed by atoms with E-state index >= 15 is 0 Å². The summed E-state index contributed by atoms with van der Waals surface area (Å²) in [5.41, 5.74) is 7.22.